The molecule has 1 rings (SSSR count). The van der Waals surface area contributed by atoms with Gasteiger partial charge in [0.05, 0.1) is 17.5 Å². The van der Waals surface area contributed by atoms with Crippen LogP contribution in [-0.2, 0) is 4.74 Å². The van der Waals surface area contributed by atoms with Crippen LogP contribution in [0.1, 0.15) is 18.7 Å². The Kier molecular flexibility index (Phi) is 2.44. The van der Waals surface area contributed by atoms with Crippen LogP contribution < -0.4 is 5.73 Å². The highest BCUT2D eigenvalue weighted by Crippen LogP contribution is 2.18. The topological polar surface area (TPSA) is 48.1 Å². The van der Waals surface area contributed by atoms with E-state index in [1.54, 1.807) is 19.4 Å². The van der Waals surface area contributed by atoms with Crippen molar-refractivity contribution in [3.8, 4) is 0 Å². The summed E-state index contributed by atoms with van der Waals surface area (Å²) < 4.78 is 5.07. The fraction of sp³-hybridized carbons (Fsp3) is 0.375. The maximum atomic E-state index is 5.65. The number of pyridine rings is 1. The van der Waals surface area contributed by atoms with Crippen molar-refractivity contribution in [1.29, 1.82) is 0 Å². The largest absolute Gasteiger partial charge is 0.397 e. The molecule has 1 atom stereocenters. The zero-order valence-corrected chi connectivity index (χ0v) is 6.74. The SMILES string of the molecule is COC(C)c1ncccc1N. The van der Waals surface area contributed by atoms with E-state index in [9.17, 15) is 0 Å². The fourth-order valence-corrected chi connectivity index (χ4v) is 0.881. The van der Waals surface area contributed by atoms with Crippen LogP contribution in [0.2, 0.25) is 0 Å². The first-order valence-electron chi connectivity index (χ1n) is 3.49. The Labute approximate surface area is 66.2 Å². The minimum atomic E-state index is -0.0313. The maximum Gasteiger partial charge on any atom is 0.0983 e. The van der Waals surface area contributed by atoms with Crippen molar-refractivity contribution in [3.63, 3.8) is 0 Å². The average molecular weight is 152 g/mol. The molecule has 0 fully saturated rings. The first-order chi connectivity index (χ1) is 5.25. The molecule has 0 amide bonds. The van der Waals surface area contributed by atoms with Crippen LogP contribution in [0.25, 0.3) is 0 Å². The molecule has 0 bridgehead atoms. The van der Waals surface area contributed by atoms with E-state index in [1.165, 1.54) is 0 Å². The Hall–Kier alpha value is -1.09. The van der Waals surface area contributed by atoms with Gasteiger partial charge in [-0.15, -0.1) is 0 Å². The summed E-state index contributed by atoms with van der Waals surface area (Å²) in [6.45, 7) is 1.92. The number of ether oxygens (including phenoxy) is 1. The molecule has 1 heterocycles. The Balaban J connectivity index is 2.93. The van der Waals surface area contributed by atoms with E-state index in [1.807, 2.05) is 13.0 Å². The number of anilines is 1. The van der Waals surface area contributed by atoms with Crippen molar-refractivity contribution in [2.75, 3.05) is 12.8 Å². The van der Waals surface area contributed by atoms with Gasteiger partial charge in [0, 0.05) is 13.3 Å². The summed E-state index contributed by atoms with van der Waals surface area (Å²) in [7, 11) is 1.64. The Morgan fingerprint density at radius 3 is 2.91 bits per heavy atom. The Bertz CT molecular complexity index is 237. The molecule has 0 aliphatic carbocycles. The van der Waals surface area contributed by atoms with E-state index in [-0.39, 0.29) is 6.10 Å². The number of hydrogen-bond acceptors (Lipinski definition) is 3. The highest BCUT2D eigenvalue weighted by atomic mass is 16.5. The lowest BCUT2D eigenvalue weighted by Crippen LogP contribution is -2.03. The van der Waals surface area contributed by atoms with Gasteiger partial charge in [-0.25, -0.2) is 0 Å². The number of hydrogen-bond donors (Lipinski definition) is 1. The van der Waals surface area contributed by atoms with E-state index in [2.05, 4.69) is 4.98 Å². The monoisotopic (exact) mass is 152 g/mol. The molecule has 3 heteroatoms. The van der Waals surface area contributed by atoms with E-state index in [4.69, 9.17) is 10.5 Å². The number of rotatable bonds is 2. The van der Waals surface area contributed by atoms with Crippen LogP contribution in [0.15, 0.2) is 18.3 Å². The molecule has 0 saturated heterocycles. The first kappa shape index (κ1) is 8.01. The first-order valence-corrected chi connectivity index (χ1v) is 3.49. The van der Waals surface area contributed by atoms with Crippen LogP contribution in [0, 0.1) is 0 Å². The lowest BCUT2D eigenvalue weighted by Gasteiger charge is -2.09. The van der Waals surface area contributed by atoms with Gasteiger partial charge >= 0.3 is 0 Å². The molecular weight excluding hydrogens is 140 g/mol. The van der Waals surface area contributed by atoms with Gasteiger partial charge in [-0.3, -0.25) is 4.98 Å². The summed E-state index contributed by atoms with van der Waals surface area (Å²) in [4.78, 5) is 4.10. The number of nitrogen functional groups attached to an aromatic ring is 1. The van der Waals surface area contributed by atoms with Crippen LogP contribution in [0.4, 0.5) is 5.69 Å². The molecule has 3 nitrogen and oxygen atoms in total. The van der Waals surface area contributed by atoms with Gasteiger partial charge in [-0.1, -0.05) is 0 Å². The number of nitrogens with two attached hydrogens (primary N) is 1. The summed E-state index contributed by atoms with van der Waals surface area (Å²) in [6, 6.07) is 3.62. The highest BCUT2D eigenvalue weighted by Gasteiger charge is 2.07. The summed E-state index contributed by atoms with van der Waals surface area (Å²) in [5.74, 6) is 0. The molecule has 0 aliphatic rings. The average Bonchev–Trinajstić information content (AvgIpc) is 2.04. The maximum absolute atomic E-state index is 5.65. The molecule has 0 spiro atoms. The smallest absolute Gasteiger partial charge is 0.0983 e. The molecule has 1 unspecified atom stereocenters. The normalized spacial score (nSPS) is 12.9. The predicted octanol–water partition coefficient (Wildman–Crippen LogP) is 1.37. The van der Waals surface area contributed by atoms with Gasteiger partial charge in [-0.2, -0.15) is 0 Å². The van der Waals surface area contributed by atoms with Gasteiger partial charge in [-0.05, 0) is 19.1 Å². The minimum Gasteiger partial charge on any atom is -0.397 e. The second-order valence-electron chi connectivity index (χ2n) is 2.36. The van der Waals surface area contributed by atoms with Gasteiger partial charge in [0.1, 0.15) is 0 Å². The van der Waals surface area contributed by atoms with Crippen molar-refractivity contribution in [3.05, 3.63) is 24.0 Å². The van der Waals surface area contributed by atoms with Crippen LogP contribution in [-0.4, -0.2) is 12.1 Å². The molecule has 0 saturated carbocycles. The summed E-state index contributed by atoms with van der Waals surface area (Å²) >= 11 is 0. The third-order valence-corrected chi connectivity index (χ3v) is 1.61. The van der Waals surface area contributed by atoms with E-state index in [0.717, 1.165) is 5.69 Å². The quantitative estimate of drug-likeness (QED) is 0.696. The van der Waals surface area contributed by atoms with E-state index in [0.29, 0.717) is 5.69 Å². The van der Waals surface area contributed by atoms with Crippen molar-refractivity contribution in [2.24, 2.45) is 0 Å². The molecule has 0 aromatic carbocycles. The molecular formula is C8H12N2O. The zero-order valence-electron chi connectivity index (χ0n) is 6.74. The van der Waals surface area contributed by atoms with Gasteiger partial charge in [0.25, 0.3) is 0 Å². The van der Waals surface area contributed by atoms with Gasteiger partial charge < -0.3 is 10.5 Å². The molecule has 0 aliphatic heterocycles. The van der Waals surface area contributed by atoms with Gasteiger partial charge in [0.15, 0.2) is 0 Å². The number of nitrogens with zero attached hydrogens (tertiary/aromatic N) is 1. The fourth-order valence-electron chi connectivity index (χ4n) is 0.881. The van der Waals surface area contributed by atoms with Crippen molar-refractivity contribution < 1.29 is 4.74 Å². The van der Waals surface area contributed by atoms with Crippen LogP contribution in [0.3, 0.4) is 0 Å². The Morgan fingerprint density at radius 1 is 1.64 bits per heavy atom. The standard InChI is InChI=1S/C8H12N2O/c1-6(11-2)8-7(9)4-3-5-10-8/h3-6H,9H2,1-2H3. The summed E-state index contributed by atoms with van der Waals surface area (Å²) in [6.07, 6.45) is 1.68. The molecule has 11 heavy (non-hydrogen) atoms. The molecule has 1 aromatic rings. The lowest BCUT2D eigenvalue weighted by molar-refractivity contribution is 0.116. The molecule has 1 aromatic heterocycles. The lowest BCUT2D eigenvalue weighted by atomic mass is 10.2. The molecule has 60 valence electrons. The summed E-state index contributed by atoms with van der Waals surface area (Å²) in [5, 5.41) is 0. The molecule has 2 N–H and O–H groups in total. The van der Waals surface area contributed by atoms with Crippen molar-refractivity contribution >= 4 is 5.69 Å². The highest BCUT2D eigenvalue weighted by molar-refractivity contribution is 5.42. The second-order valence-corrected chi connectivity index (χ2v) is 2.36. The van der Waals surface area contributed by atoms with E-state index >= 15 is 0 Å². The summed E-state index contributed by atoms with van der Waals surface area (Å²) in [5.41, 5.74) is 7.14. The minimum absolute atomic E-state index is 0.0313. The zero-order chi connectivity index (χ0) is 8.27. The third kappa shape index (κ3) is 1.68. The second kappa shape index (κ2) is 3.34. The predicted molar refractivity (Wildman–Crippen MR) is 44.1 cm³/mol. The van der Waals surface area contributed by atoms with Crippen LogP contribution >= 0.6 is 0 Å². The third-order valence-electron chi connectivity index (χ3n) is 1.61. The van der Waals surface area contributed by atoms with Crippen molar-refractivity contribution in [2.45, 2.75) is 13.0 Å². The van der Waals surface area contributed by atoms with Crippen LogP contribution in [0.5, 0.6) is 0 Å². The number of aromatic nitrogens is 1. The number of methoxy groups -OCH3 is 1. The molecule has 0 radical (unpaired) electrons. The Morgan fingerprint density at radius 2 is 2.36 bits per heavy atom. The van der Waals surface area contributed by atoms with E-state index < -0.39 is 0 Å². The van der Waals surface area contributed by atoms with Crippen molar-refractivity contribution in [1.82, 2.24) is 4.98 Å². The van der Waals surface area contributed by atoms with Gasteiger partial charge in [0.2, 0.25) is 0 Å².